The van der Waals surface area contributed by atoms with Crippen LogP contribution in [0.4, 0.5) is 4.79 Å². The number of nitrogens with zero attached hydrogens (tertiary/aromatic N) is 1. The summed E-state index contributed by atoms with van der Waals surface area (Å²) in [4.78, 5) is 47.2. The minimum atomic E-state index is -1.47. The van der Waals surface area contributed by atoms with Gasteiger partial charge in [-0.3, -0.25) is 14.5 Å². The van der Waals surface area contributed by atoms with E-state index in [1.54, 1.807) is 13.8 Å². The quantitative estimate of drug-likeness (QED) is 0.599. The molecule has 0 radical (unpaired) electrons. The van der Waals surface area contributed by atoms with Gasteiger partial charge in [-0.1, -0.05) is 6.92 Å². The lowest BCUT2D eigenvalue weighted by atomic mass is 9.99. The number of aliphatic carboxylic acids is 1. The Morgan fingerprint density at radius 1 is 1.40 bits per heavy atom. The highest BCUT2D eigenvalue weighted by Gasteiger charge is 2.47. The highest BCUT2D eigenvalue weighted by atomic mass is 16.4. The molecule has 1 saturated heterocycles. The minimum absolute atomic E-state index is 0.399. The smallest absolute Gasteiger partial charge is 0.328 e. The van der Waals surface area contributed by atoms with Gasteiger partial charge in [0.25, 0.3) is 5.91 Å². The Balaban J connectivity index is 2.75. The molecule has 1 aliphatic rings. The van der Waals surface area contributed by atoms with Crippen molar-refractivity contribution in [3.8, 4) is 0 Å². The molecule has 0 saturated carbocycles. The molecule has 3 N–H and O–H groups in total. The summed E-state index contributed by atoms with van der Waals surface area (Å²) in [5, 5.41) is 13.7. The summed E-state index contributed by atoms with van der Waals surface area (Å²) in [6, 6.07) is -0.650. The molecule has 4 amide bonds. The topological polar surface area (TPSA) is 116 Å². The fourth-order valence-electron chi connectivity index (χ4n) is 1.72. The largest absolute Gasteiger partial charge is 0.480 e. The van der Waals surface area contributed by atoms with Gasteiger partial charge in [-0.25, -0.2) is 9.59 Å². The maximum Gasteiger partial charge on any atom is 0.328 e. The third kappa shape index (κ3) is 2.89. The van der Waals surface area contributed by atoms with Crippen LogP contribution in [-0.4, -0.2) is 51.4 Å². The Hall–Kier alpha value is -2.12. The van der Waals surface area contributed by atoms with Gasteiger partial charge < -0.3 is 15.7 Å². The SMILES string of the molecule is CCC1(C)NC(=O)N(CC(=O)NC(C)(C)C(=O)O)C1=O. The molecule has 0 aromatic rings. The number of hydrogen-bond acceptors (Lipinski definition) is 4. The number of carbonyl (C=O) groups excluding carboxylic acids is 3. The van der Waals surface area contributed by atoms with Crippen LogP contribution >= 0.6 is 0 Å². The van der Waals surface area contributed by atoms with Gasteiger partial charge in [-0.15, -0.1) is 0 Å². The van der Waals surface area contributed by atoms with Crippen LogP contribution in [0.15, 0.2) is 0 Å². The van der Waals surface area contributed by atoms with Gasteiger partial charge in [0, 0.05) is 0 Å². The molecular formula is C12H19N3O5. The Morgan fingerprint density at radius 3 is 2.35 bits per heavy atom. The van der Waals surface area contributed by atoms with Crippen LogP contribution in [0.1, 0.15) is 34.1 Å². The lowest BCUT2D eigenvalue weighted by molar-refractivity contribution is -0.146. The molecule has 1 rings (SSSR count). The zero-order chi connectivity index (χ0) is 15.7. The van der Waals surface area contributed by atoms with Crippen molar-refractivity contribution in [2.75, 3.05) is 6.54 Å². The molecule has 112 valence electrons. The summed E-state index contributed by atoms with van der Waals surface area (Å²) < 4.78 is 0. The Labute approximate surface area is 116 Å². The second-order valence-electron chi connectivity index (χ2n) is 5.49. The lowest BCUT2D eigenvalue weighted by Crippen LogP contribution is -2.53. The molecule has 8 nitrogen and oxygen atoms in total. The second kappa shape index (κ2) is 5.10. The summed E-state index contributed by atoms with van der Waals surface area (Å²) in [6.07, 6.45) is 0.399. The predicted molar refractivity (Wildman–Crippen MR) is 68.8 cm³/mol. The molecule has 1 atom stereocenters. The molecule has 8 heteroatoms. The van der Waals surface area contributed by atoms with E-state index in [-0.39, 0.29) is 0 Å². The van der Waals surface area contributed by atoms with Crippen molar-refractivity contribution in [1.29, 1.82) is 0 Å². The number of hydrogen-bond donors (Lipinski definition) is 3. The standard InChI is InChI=1S/C12H19N3O5/c1-5-12(4)8(17)15(10(20)14-12)6-7(16)13-11(2,3)9(18)19/h5-6H2,1-4H3,(H,13,16)(H,14,20)(H,18,19). The number of carbonyl (C=O) groups is 4. The molecule has 0 aliphatic carbocycles. The van der Waals surface area contributed by atoms with Crippen molar-refractivity contribution in [2.24, 2.45) is 0 Å². The first kappa shape index (κ1) is 15.9. The van der Waals surface area contributed by atoms with Gasteiger partial charge in [0.15, 0.2) is 0 Å². The normalized spacial score (nSPS) is 22.7. The maximum atomic E-state index is 12.0. The molecule has 20 heavy (non-hydrogen) atoms. The average Bonchev–Trinajstić information content (AvgIpc) is 2.53. The number of rotatable bonds is 5. The molecular weight excluding hydrogens is 266 g/mol. The first-order chi connectivity index (χ1) is 9.03. The molecule has 0 bridgehead atoms. The van der Waals surface area contributed by atoms with Crippen molar-refractivity contribution < 1.29 is 24.3 Å². The van der Waals surface area contributed by atoms with E-state index in [0.29, 0.717) is 6.42 Å². The fourth-order valence-corrected chi connectivity index (χ4v) is 1.72. The molecule has 0 aromatic heterocycles. The van der Waals surface area contributed by atoms with Crippen LogP contribution in [0.3, 0.4) is 0 Å². The van der Waals surface area contributed by atoms with Gasteiger partial charge >= 0.3 is 12.0 Å². The molecule has 1 fully saturated rings. The molecule has 1 aliphatic heterocycles. The van der Waals surface area contributed by atoms with E-state index in [1.165, 1.54) is 13.8 Å². The number of urea groups is 1. The monoisotopic (exact) mass is 285 g/mol. The van der Waals surface area contributed by atoms with Crippen LogP contribution < -0.4 is 10.6 Å². The summed E-state index contributed by atoms with van der Waals surface area (Å²) in [7, 11) is 0. The van der Waals surface area contributed by atoms with E-state index in [1.807, 2.05) is 0 Å². The third-order valence-corrected chi connectivity index (χ3v) is 3.34. The zero-order valence-electron chi connectivity index (χ0n) is 11.9. The van der Waals surface area contributed by atoms with Crippen LogP contribution in [0.25, 0.3) is 0 Å². The highest BCUT2D eigenvalue weighted by molar-refractivity contribution is 6.08. The average molecular weight is 285 g/mol. The second-order valence-corrected chi connectivity index (χ2v) is 5.49. The van der Waals surface area contributed by atoms with Gasteiger partial charge in [0.2, 0.25) is 5.91 Å². The summed E-state index contributed by atoms with van der Waals surface area (Å²) >= 11 is 0. The van der Waals surface area contributed by atoms with Gasteiger partial charge in [0.05, 0.1) is 0 Å². The highest BCUT2D eigenvalue weighted by Crippen LogP contribution is 2.20. The van der Waals surface area contributed by atoms with Gasteiger partial charge in [0.1, 0.15) is 17.6 Å². The van der Waals surface area contributed by atoms with E-state index in [4.69, 9.17) is 5.11 Å². The Bertz CT molecular complexity index is 474. The number of imide groups is 1. The van der Waals surface area contributed by atoms with E-state index in [2.05, 4.69) is 10.6 Å². The summed E-state index contributed by atoms with van der Waals surface area (Å²) in [5.74, 6) is -2.41. The Morgan fingerprint density at radius 2 is 1.95 bits per heavy atom. The number of amides is 4. The van der Waals surface area contributed by atoms with Crippen LogP contribution in [0.2, 0.25) is 0 Å². The van der Waals surface area contributed by atoms with Crippen molar-refractivity contribution in [3.05, 3.63) is 0 Å². The number of nitrogens with one attached hydrogen (secondary N) is 2. The number of carboxylic acids is 1. The van der Waals surface area contributed by atoms with Crippen molar-refractivity contribution >= 4 is 23.8 Å². The first-order valence-corrected chi connectivity index (χ1v) is 6.22. The van der Waals surface area contributed by atoms with E-state index < -0.39 is 41.4 Å². The number of carboxylic acid groups (broad SMARTS) is 1. The molecule has 0 spiro atoms. The van der Waals surface area contributed by atoms with Crippen molar-refractivity contribution in [2.45, 2.75) is 45.2 Å². The first-order valence-electron chi connectivity index (χ1n) is 6.22. The summed E-state index contributed by atoms with van der Waals surface area (Å²) in [6.45, 7) is 5.45. The van der Waals surface area contributed by atoms with Crippen LogP contribution in [-0.2, 0) is 14.4 Å². The van der Waals surface area contributed by atoms with Crippen LogP contribution in [0, 0.1) is 0 Å². The third-order valence-electron chi connectivity index (χ3n) is 3.34. The fraction of sp³-hybridized carbons (Fsp3) is 0.667. The molecule has 1 unspecified atom stereocenters. The minimum Gasteiger partial charge on any atom is -0.480 e. The van der Waals surface area contributed by atoms with Crippen LogP contribution in [0.5, 0.6) is 0 Å². The van der Waals surface area contributed by atoms with Crippen molar-refractivity contribution in [3.63, 3.8) is 0 Å². The maximum absolute atomic E-state index is 12.0. The summed E-state index contributed by atoms with van der Waals surface area (Å²) in [5.41, 5.74) is -2.48. The molecule has 1 heterocycles. The van der Waals surface area contributed by atoms with E-state index >= 15 is 0 Å². The molecule has 0 aromatic carbocycles. The lowest BCUT2D eigenvalue weighted by Gasteiger charge is -2.23. The Kier molecular flexibility index (Phi) is 4.07. The van der Waals surface area contributed by atoms with Gasteiger partial charge in [-0.05, 0) is 27.2 Å². The predicted octanol–water partition coefficient (Wildman–Crippen LogP) is -0.314. The van der Waals surface area contributed by atoms with E-state index in [0.717, 1.165) is 4.90 Å². The zero-order valence-corrected chi connectivity index (χ0v) is 11.9. The van der Waals surface area contributed by atoms with E-state index in [9.17, 15) is 19.2 Å². The van der Waals surface area contributed by atoms with Crippen molar-refractivity contribution in [1.82, 2.24) is 15.5 Å². The van der Waals surface area contributed by atoms with Gasteiger partial charge in [-0.2, -0.15) is 0 Å².